The number of rotatable bonds is 2. The first-order valence-electron chi connectivity index (χ1n) is 7.00. The SMILES string of the molecule is CC1(C)CCCC1(C)C(=O)NC1CCSC1=O.O=C(O)O. The second-order valence-corrected chi connectivity index (χ2v) is 7.43. The van der Waals surface area contributed by atoms with Gasteiger partial charge in [0.1, 0.15) is 0 Å². The largest absolute Gasteiger partial charge is 0.503 e. The molecule has 2 rings (SSSR count). The van der Waals surface area contributed by atoms with Crippen molar-refractivity contribution in [2.24, 2.45) is 10.8 Å². The van der Waals surface area contributed by atoms with Gasteiger partial charge in [0, 0.05) is 5.75 Å². The highest BCUT2D eigenvalue weighted by Gasteiger charge is 2.51. The van der Waals surface area contributed by atoms with E-state index in [2.05, 4.69) is 19.2 Å². The molecule has 120 valence electrons. The Morgan fingerprint density at radius 1 is 1.24 bits per heavy atom. The van der Waals surface area contributed by atoms with Crippen LogP contribution >= 0.6 is 11.8 Å². The van der Waals surface area contributed by atoms with Crippen molar-refractivity contribution in [3.63, 3.8) is 0 Å². The fraction of sp³-hybridized carbons (Fsp3) is 0.786. The van der Waals surface area contributed by atoms with Gasteiger partial charge in [-0.3, -0.25) is 9.59 Å². The van der Waals surface area contributed by atoms with Crippen molar-refractivity contribution in [3.05, 3.63) is 0 Å². The molecule has 0 aromatic heterocycles. The van der Waals surface area contributed by atoms with E-state index in [1.807, 2.05) is 6.92 Å². The highest BCUT2D eigenvalue weighted by atomic mass is 32.2. The summed E-state index contributed by atoms with van der Waals surface area (Å²) in [4.78, 5) is 32.5. The van der Waals surface area contributed by atoms with Crippen LogP contribution in [0.3, 0.4) is 0 Å². The Labute approximate surface area is 128 Å². The maximum atomic E-state index is 12.4. The molecular formula is C14H23NO5S. The molecule has 2 unspecified atom stereocenters. The molecule has 1 saturated heterocycles. The summed E-state index contributed by atoms with van der Waals surface area (Å²) in [6.45, 7) is 6.36. The minimum Gasteiger partial charge on any atom is -0.450 e. The summed E-state index contributed by atoms with van der Waals surface area (Å²) < 4.78 is 0. The van der Waals surface area contributed by atoms with Crippen LogP contribution in [0.25, 0.3) is 0 Å². The maximum absolute atomic E-state index is 12.4. The van der Waals surface area contributed by atoms with E-state index in [4.69, 9.17) is 15.0 Å². The molecule has 2 atom stereocenters. The highest BCUT2D eigenvalue weighted by Crippen LogP contribution is 2.52. The molecule has 1 heterocycles. The molecule has 1 saturated carbocycles. The first kappa shape index (κ1) is 17.8. The van der Waals surface area contributed by atoms with E-state index in [1.165, 1.54) is 11.8 Å². The molecule has 0 aromatic rings. The third kappa shape index (κ3) is 4.12. The van der Waals surface area contributed by atoms with E-state index in [9.17, 15) is 9.59 Å². The maximum Gasteiger partial charge on any atom is 0.503 e. The van der Waals surface area contributed by atoms with Gasteiger partial charge < -0.3 is 15.5 Å². The summed E-state index contributed by atoms with van der Waals surface area (Å²) in [5.74, 6) is 0.907. The Kier molecular flexibility index (Phi) is 5.67. The highest BCUT2D eigenvalue weighted by molar-refractivity contribution is 8.14. The summed E-state index contributed by atoms with van der Waals surface area (Å²) in [7, 11) is 0. The number of carboxylic acid groups (broad SMARTS) is 2. The first-order chi connectivity index (χ1) is 9.60. The van der Waals surface area contributed by atoms with Gasteiger partial charge in [0.15, 0.2) is 0 Å². The van der Waals surface area contributed by atoms with Gasteiger partial charge in [0.2, 0.25) is 11.0 Å². The van der Waals surface area contributed by atoms with E-state index in [-0.39, 0.29) is 27.9 Å². The molecule has 2 fully saturated rings. The van der Waals surface area contributed by atoms with Crippen LogP contribution in [0.1, 0.15) is 46.5 Å². The van der Waals surface area contributed by atoms with Crippen LogP contribution in [0, 0.1) is 10.8 Å². The molecule has 1 aliphatic heterocycles. The lowest BCUT2D eigenvalue weighted by Gasteiger charge is -2.37. The van der Waals surface area contributed by atoms with E-state index in [0.29, 0.717) is 0 Å². The van der Waals surface area contributed by atoms with E-state index in [1.54, 1.807) is 0 Å². The summed E-state index contributed by atoms with van der Waals surface area (Å²) in [6, 6.07) is -0.249. The Hall–Kier alpha value is -1.24. The van der Waals surface area contributed by atoms with Gasteiger partial charge in [-0.2, -0.15) is 0 Å². The zero-order valence-electron chi connectivity index (χ0n) is 12.6. The molecule has 21 heavy (non-hydrogen) atoms. The molecule has 0 bridgehead atoms. The summed E-state index contributed by atoms with van der Waals surface area (Å²) >= 11 is 1.34. The number of thioether (sulfide) groups is 1. The Morgan fingerprint density at radius 3 is 2.19 bits per heavy atom. The summed E-state index contributed by atoms with van der Waals surface area (Å²) in [6.07, 6.45) is 2.07. The lowest BCUT2D eigenvalue weighted by molar-refractivity contribution is -0.137. The molecule has 7 heteroatoms. The zero-order valence-corrected chi connectivity index (χ0v) is 13.5. The first-order valence-corrected chi connectivity index (χ1v) is 7.98. The van der Waals surface area contributed by atoms with Gasteiger partial charge in [0.25, 0.3) is 0 Å². The van der Waals surface area contributed by atoms with E-state index in [0.717, 1.165) is 31.4 Å². The van der Waals surface area contributed by atoms with Crippen molar-refractivity contribution in [2.75, 3.05) is 5.75 Å². The third-order valence-corrected chi connectivity index (χ3v) is 5.72. The number of carbonyl (C=O) groups is 3. The molecular weight excluding hydrogens is 294 g/mol. The van der Waals surface area contributed by atoms with Gasteiger partial charge in [-0.25, -0.2) is 4.79 Å². The van der Waals surface area contributed by atoms with Crippen molar-refractivity contribution in [2.45, 2.75) is 52.5 Å². The van der Waals surface area contributed by atoms with Gasteiger partial charge in [-0.15, -0.1) is 0 Å². The van der Waals surface area contributed by atoms with Crippen molar-refractivity contribution in [1.82, 2.24) is 5.32 Å². The number of amides is 1. The van der Waals surface area contributed by atoms with Crippen LogP contribution in [0.15, 0.2) is 0 Å². The lowest BCUT2D eigenvalue weighted by atomic mass is 9.68. The lowest BCUT2D eigenvalue weighted by Crippen LogP contribution is -2.49. The predicted molar refractivity (Wildman–Crippen MR) is 80.4 cm³/mol. The van der Waals surface area contributed by atoms with Gasteiger partial charge in [-0.1, -0.05) is 39.0 Å². The fourth-order valence-electron chi connectivity index (χ4n) is 2.86. The Balaban J connectivity index is 0.000000491. The molecule has 3 N–H and O–H groups in total. The zero-order chi connectivity index (χ0) is 16.3. The second kappa shape index (κ2) is 6.68. The van der Waals surface area contributed by atoms with Crippen LogP contribution in [-0.4, -0.2) is 39.2 Å². The average molecular weight is 317 g/mol. The molecule has 6 nitrogen and oxygen atoms in total. The normalized spacial score (nSPS) is 30.4. The number of hydrogen-bond acceptors (Lipinski definition) is 4. The molecule has 2 aliphatic rings. The van der Waals surface area contributed by atoms with Gasteiger partial charge in [0.05, 0.1) is 11.5 Å². The van der Waals surface area contributed by atoms with Crippen LogP contribution in [0.5, 0.6) is 0 Å². The summed E-state index contributed by atoms with van der Waals surface area (Å²) in [5, 5.41) is 17.0. The second-order valence-electron chi connectivity index (χ2n) is 6.33. The van der Waals surface area contributed by atoms with Gasteiger partial charge >= 0.3 is 6.16 Å². The smallest absolute Gasteiger partial charge is 0.450 e. The van der Waals surface area contributed by atoms with Crippen molar-refractivity contribution < 1.29 is 24.6 Å². The third-order valence-electron chi connectivity index (χ3n) is 4.71. The fourth-order valence-corrected chi connectivity index (χ4v) is 3.80. The standard InChI is InChI=1S/C13H21NO2S.CH2O3/c1-12(2)6-4-7-13(12,3)11(16)14-9-5-8-17-10(9)15;2-1(3)4/h9H,4-8H2,1-3H3,(H,14,16);(H2,2,3,4). The van der Waals surface area contributed by atoms with Crippen LogP contribution in [0.2, 0.25) is 0 Å². The molecule has 0 aromatic carbocycles. The molecule has 0 radical (unpaired) electrons. The Morgan fingerprint density at radius 2 is 1.81 bits per heavy atom. The minimum absolute atomic E-state index is 0.0336. The Bertz CT molecular complexity index is 433. The van der Waals surface area contributed by atoms with Crippen molar-refractivity contribution in [1.29, 1.82) is 0 Å². The van der Waals surface area contributed by atoms with Crippen molar-refractivity contribution in [3.8, 4) is 0 Å². The van der Waals surface area contributed by atoms with Crippen LogP contribution in [-0.2, 0) is 9.59 Å². The van der Waals surface area contributed by atoms with Crippen LogP contribution < -0.4 is 5.32 Å². The van der Waals surface area contributed by atoms with Gasteiger partial charge in [-0.05, 0) is 24.7 Å². The monoisotopic (exact) mass is 317 g/mol. The van der Waals surface area contributed by atoms with E-state index < -0.39 is 6.16 Å². The summed E-state index contributed by atoms with van der Waals surface area (Å²) in [5.41, 5.74) is -0.285. The minimum atomic E-state index is -1.83. The number of nitrogens with one attached hydrogen (secondary N) is 1. The number of carbonyl (C=O) groups excluding carboxylic acids is 2. The number of hydrogen-bond donors (Lipinski definition) is 3. The molecule has 1 aliphatic carbocycles. The quantitative estimate of drug-likeness (QED) is 0.723. The van der Waals surface area contributed by atoms with Crippen molar-refractivity contribution >= 4 is 28.9 Å². The average Bonchev–Trinajstić information content (AvgIpc) is 2.84. The topological polar surface area (TPSA) is 104 Å². The predicted octanol–water partition coefficient (Wildman–Crippen LogP) is 2.57. The molecule has 0 spiro atoms. The molecule has 1 amide bonds. The van der Waals surface area contributed by atoms with E-state index >= 15 is 0 Å². The van der Waals surface area contributed by atoms with Crippen LogP contribution in [0.4, 0.5) is 4.79 Å².